The van der Waals surface area contributed by atoms with E-state index in [0.29, 0.717) is 49.4 Å². The van der Waals surface area contributed by atoms with Crippen molar-refractivity contribution in [2.24, 2.45) is 11.8 Å². The number of aromatic nitrogens is 1. The number of rotatable bonds is 15. The molecule has 1 aliphatic carbocycles. The molecule has 6 N–H and O–H groups in total. The largest absolute Gasteiger partial charge is 0.394 e. The van der Waals surface area contributed by atoms with Crippen LogP contribution in [0.1, 0.15) is 97.3 Å². The highest BCUT2D eigenvalue weighted by Gasteiger charge is 2.44. The molecule has 13 heteroatoms. The van der Waals surface area contributed by atoms with Crippen molar-refractivity contribution >= 4 is 40.7 Å². The second-order valence-electron chi connectivity index (χ2n) is 17.8. The Morgan fingerprint density at radius 3 is 2.53 bits per heavy atom. The number of hydrogen-bond acceptors (Lipinski definition) is 10. The van der Waals surface area contributed by atoms with Gasteiger partial charge in [0.05, 0.1) is 12.6 Å². The van der Waals surface area contributed by atoms with Crippen molar-refractivity contribution in [2.75, 3.05) is 42.2 Å². The average molecular weight is 839 g/mol. The summed E-state index contributed by atoms with van der Waals surface area (Å²) < 4.78 is 0. The van der Waals surface area contributed by atoms with E-state index in [4.69, 9.17) is 0 Å². The maximum absolute atomic E-state index is 13.2. The van der Waals surface area contributed by atoms with E-state index in [1.165, 1.54) is 11.1 Å². The van der Waals surface area contributed by atoms with Gasteiger partial charge in [0.15, 0.2) is 0 Å². The highest BCUT2D eigenvalue weighted by atomic mass is 16.3. The van der Waals surface area contributed by atoms with Crippen molar-refractivity contribution in [1.82, 2.24) is 25.4 Å². The van der Waals surface area contributed by atoms with Crippen LogP contribution < -0.4 is 26.6 Å². The molecule has 4 aliphatic heterocycles. The lowest BCUT2D eigenvalue weighted by Crippen LogP contribution is -2.52. The van der Waals surface area contributed by atoms with E-state index in [0.717, 1.165) is 98.3 Å². The standard InChI is InChI=1S/C49H58N8O5/c58-30-43-38-20-25-56(28-32-18-21-50-22-19-32)47(38)39-27-34(12-15-42(39)54-43)33-5-2-6-36(26-33)53-45(59)9-1-4-31-10-13-35(14-11-31)51-23-24-52-41-8-3-7-37-40(41)29-57(49(37)62)44-16-17-46(60)55-48(44)61/h2-3,5-8,12,15,18-19,21-22,26-27,31,35,38,43-44,47,51-52,54,58H,1,4,9-11,13-14,16-17,20,23-25,28-30H2,(H,53,59)(H,55,60,61)/t31?,35?,38-,43-,44?,47-/m1/s1. The molecule has 5 heterocycles. The molecule has 62 heavy (non-hydrogen) atoms. The third kappa shape index (κ3) is 9.11. The third-order valence-corrected chi connectivity index (χ3v) is 13.9. The first-order chi connectivity index (χ1) is 30.3. The van der Waals surface area contributed by atoms with E-state index in [9.17, 15) is 24.3 Å². The molecular formula is C49H58N8O5. The molecule has 4 atom stereocenters. The fourth-order valence-corrected chi connectivity index (χ4v) is 10.7. The van der Waals surface area contributed by atoms with E-state index in [1.807, 2.05) is 42.7 Å². The lowest BCUT2D eigenvalue weighted by molar-refractivity contribution is -0.137. The number of pyridine rings is 1. The second kappa shape index (κ2) is 18.8. The van der Waals surface area contributed by atoms with Crippen molar-refractivity contribution < 1.29 is 24.3 Å². The van der Waals surface area contributed by atoms with Crippen LogP contribution in [-0.2, 0) is 27.5 Å². The van der Waals surface area contributed by atoms with Crippen molar-refractivity contribution in [3.05, 3.63) is 107 Å². The predicted molar refractivity (Wildman–Crippen MR) is 239 cm³/mol. The summed E-state index contributed by atoms with van der Waals surface area (Å²) in [5.41, 5.74) is 8.97. The smallest absolute Gasteiger partial charge is 0.255 e. The Hall–Kier alpha value is -5.63. The molecule has 3 fully saturated rings. The van der Waals surface area contributed by atoms with E-state index >= 15 is 0 Å². The van der Waals surface area contributed by atoms with Gasteiger partial charge in [0.2, 0.25) is 17.7 Å². The van der Waals surface area contributed by atoms with Gasteiger partial charge in [-0.1, -0.05) is 24.3 Å². The molecule has 3 aromatic carbocycles. The van der Waals surface area contributed by atoms with Crippen molar-refractivity contribution in [3.63, 3.8) is 0 Å². The van der Waals surface area contributed by atoms with Gasteiger partial charge in [-0.15, -0.1) is 0 Å². The number of aliphatic hydroxyl groups is 1. The van der Waals surface area contributed by atoms with Crippen LogP contribution in [0.5, 0.6) is 0 Å². The van der Waals surface area contributed by atoms with E-state index < -0.39 is 11.9 Å². The number of piperidine rings is 1. The molecule has 1 unspecified atom stereocenters. The molecule has 1 aromatic heterocycles. The quantitative estimate of drug-likeness (QED) is 0.0597. The fourth-order valence-electron chi connectivity index (χ4n) is 10.7. The number of fused-ring (bicyclic) bond motifs is 4. The van der Waals surface area contributed by atoms with Gasteiger partial charge >= 0.3 is 0 Å². The molecule has 2 saturated heterocycles. The van der Waals surface area contributed by atoms with Crippen LogP contribution >= 0.6 is 0 Å². The fraction of sp³-hybridized carbons (Fsp3) is 0.449. The summed E-state index contributed by atoms with van der Waals surface area (Å²) in [7, 11) is 0. The zero-order valence-electron chi connectivity index (χ0n) is 35.3. The molecule has 0 bridgehead atoms. The van der Waals surface area contributed by atoms with E-state index in [-0.39, 0.29) is 42.8 Å². The van der Waals surface area contributed by atoms with Crippen LogP contribution in [0.25, 0.3) is 11.1 Å². The number of carbonyl (C=O) groups excluding carboxylic acids is 4. The summed E-state index contributed by atoms with van der Waals surface area (Å²) in [6, 6.07) is 24.6. The van der Waals surface area contributed by atoms with Crippen LogP contribution in [0.15, 0.2) is 85.2 Å². The number of nitrogens with one attached hydrogen (secondary N) is 5. The van der Waals surface area contributed by atoms with E-state index in [2.05, 4.69) is 78.9 Å². The Morgan fingerprint density at radius 1 is 0.887 bits per heavy atom. The number of aliphatic hydroxyl groups excluding tert-OH is 1. The predicted octanol–water partition coefficient (Wildman–Crippen LogP) is 6.23. The maximum Gasteiger partial charge on any atom is 0.255 e. The zero-order chi connectivity index (χ0) is 42.6. The van der Waals surface area contributed by atoms with Crippen LogP contribution in [-0.4, -0.2) is 87.9 Å². The molecule has 4 amide bonds. The number of imide groups is 1. The summed E-state index contributed by atoms with van der Waals surface area (Å²) >= 11 is 0. The minimum absolute atomic E-state index is 0.0222. The summed E-state index contributed by atoms with van der Waals surface area (Å²) in [5, 5.41) is 26.7. The summed E-state index contributed by atoms with van der Waals surface area (Å²) in [6.45, 7) is 3.78. The molecule has 13 nitrogen and oxygen atoms in total. The Labute approximate surface area is 363 Å². The zero-order valence-corrected chi connectivity index (χ0v) is 35.3. The first kappa shape index (κ1) is 41.7. The van der Waals surface area contributed by atoms with Crippen LogP contribution in [0.3, 0.4) is 0 Å². The van der Waals surface area contributed by atoms with Gasteiger partial charge in [-0.2, -0.15) is 0 Å². The van der Waals surface area contributed by atoms with Crippen molar-refractivity contribution in [3.8, 4) is 11.1 Å². The monoisotopic (exact) mass is 838 g/mol. The third-order valence-electron chi connectivity index (χ3n) is 13.9. The van der Waals surface area contributed by atoms with Gasteiger partial charge in [0.25, 0.3) is 5.91 Å². The number of anilines is 3. The van der Waals surface area contributed by atoms with E-state index in [1.54, 1.807) is 4.90 Å². The van der Waals surface area contributed by atoms with Gasteiger partial charge in [-0.3, -0.25) is 34.4 Å². The van der Waals surface area contributed by atoms with Crippen LogP contribution in [0.2, 0.25) is 0 Å². The maximum atomic E-state index is 13.2. The molecule has 0 radical (unpaired) electrons. The average Bonchev–Trinajstić information content (AvgIpc) is 3.86. The first-order valence-electron chi connectivity index (χ1n) is 22.6. The number of carbonyl (C=O) groups is 4. The van der Waals surface area contributed by atoms with Gasteiger partial charge in [0.1, 0.15) is 6.04 Å². The molecular weight excluding hydrogens is 781 g/mol. The van der Waals surface area contributed by atoms with Crippen LogP contribution in [0, 0.1) is 11.8 Å². The van der Waals surface area contributed by atoms with Crippen molar-refractivity contribution in [2.45, 2.75) is 101 Å². The molecule has 4 aromatic rings. The lowest BCUT2D eigenvalue weighted by atomic mass is 9.82. The molecule has 5 aliphatic rings. The summed E-state index contributed by atoms with van der Waals surface area (Å²) in [6.07, 6.45) is 12.3. The molecule has 0 spiro atoms. The lowest BCUT2D eigenvalue weighted by Gasteiger charge is -2.39. The Kier molecular flexibility index (Phi) is 12.6. The minimum Gasteiger partial charge on any atom is -0.394 e. The van der Waals surface area contributed by atoms with Crippen LogP contribution in [0.4, 0.5) is 17.1 Å². The Bertz CT molecular complexity index is 2280. The summed E-state index contributed by atoms with van der Waals surface area (Å²) in [5.74, 6) is 0.149. The highest BCUT2D eigenvalue weighted by molar-refractivity contribution is 6.06. The number of nitrogens with zero attached hydrogens (tertiary/aromatic N) is 3. The van der Waals surface area contributed by atoms with Gasteiger partial charge < -0.3 is 31.3 Å². The first-order valence-corrected chi connectivity index (χ1v) is 22.6. The second-order valence-corrected chi connectivity index (χ2v) is 17.8. The van der Waals surface area contributed by atoms with Crippen molar-refractivity contribution in [1.29, 1.82) is 0 Å². The number of amides is 4. The molecule has 1 saturated carbocycles. The molecule has 9 rings (SSSR count). The normalized spacial score (nSPS) is 24.5. The van der Waals surface area contributed by atoms with Gasteiger partial charge in [0, 0.05) is 97.6 Å². The number of likely N-dealkylation sites (tertiary alicyclic amines) is 1. The highest BCUT2D eigenvalue weighted by Crippen LogP contribution is 2.48. The molecule has 324 valence electrons. The number of hydrogen-bond donors (Lipinski definition) is 6. The number of benzene rings is 3. The SMILES string of the molecule is O=C1CCC(N2Cc3c(NCCNC4CCC(CCCC(=O)Nc5cccc(-c6ccc7c(c6)[C@H]6[C@H](CCN6Cc6ccncc6)[C@@H](CO)N7)c5)CC4)cccc3C2=O)C(=O)N1. The minimum atomic E-state index is -0.622. The Balaban J connectivity index is 0.708. The van der Waals surface area contributed by atoms with Gasteiger partial charge in [-0.25, -0.2) is 0 Å². The topological polar surface area (TPSA) is 168 Å². The summed E-state index contributed by atoms with van der Waals surface area (Å²) in [4.78, 5) is 58.7. The Morgan fingerprint density at radius 2 is 1.71 bits per heavy atom. The van der Waals surface area contributed by atoms with Gasteiger partial charge in [-0.05, 0) is 135 Å².